The maximum absolute atomic E-state index is 14.6. The second-order valence-corrected chi connectivity index (χ2v) is 8.32. The van der Waals surface area contributed by atoms with E-state index >= 15 is 0 Å². The van der Waals surface area contributed by atoms with Crippen molar-refractivity contribution in [3.63, 3.8) is 0 Å². The zero-order chi connectivity index (χ0) is 20.3. The van der Waals surface area contributed by atoms with Crippen LogP contribution in [0.5, 0.6) is 0 Å². The van der Waals surface area contributed by atoms with Crippen LogP contribution in [0.25, 0.3) is 0 Å². The molecule has 1 saturated carbocycles. The zero-order valence-corrected chi connectivity index (χ0v) is 17.2. The third kappa shape index (κ3) is 4.53. The molecule has 0 amide bonds. The van der Waals surface area contributed by atoms with Gasteiger partial charge in [-0.05, 0) is 86.5 Å². The molecule has 1 nitrogen and oxygen atoms in total. The maximum atomic E-state index is 14.6. The highest BCUT2D eigenvalue weighted by Gasteiger charge is 2.34. The van der Waals surface area contributed by atoms with E-state index in [2.05, 4.69) is 0 Å². The third-order valence-corrected chi connectivity index (χ3v) is 6.57. The first-order valence-electron chi connectivity index (χ1n) is 10.5. The number of methoxy groups -OCH3 is 1. The molecular weight excluding hydrogens is 361 g/mol. The Hall–Kier alpha value is -1.55. The summed E-state index contributed by atoms with van der Waals surface area (Å²) < 4.78 is 48.1. The molecule has 1 aromatic carbocycles. The summed E-state index contributed by atoms with van der Waals surface area (Å²) in [6, 6.07) is 5.55. The van der Waals surface area contributed by atoms with E-state index in [0.717, 1.165) is 61.6 Å². The molecule has 0 spiro atoms. The van der Waals surface area contributed by atoms with E-state index in [4.69, 9.17) is 4.74 Å². The normalized spacial score (nSPS) is 26.1. The average molecular weight is 393 g/mol. The highest BCUT2D eigenvalue weighted by Crippen LogP contribution is 2.44. The molecule has 154 valence electrons. The molecule has 0 bridgehead atoms. The topological polar surface area (TPSA) is 9.23 Å². The summed E-state index contributed by atoms with van der Waals surface area (Å²) in [4.78, 5) is 0. The van der Waals surface area contributed by atoms with Crippen molar-refractivity contribution in [2.45, 2.75) is 71.3 Å². The molecule has 1 aromatic rings. The van der Waals surface area contributed by atoms with Gasteiger partial charge in [0.25, 0.3) is 0 Å². The van der Waals surface area contributed by atoms with Crippen molar-refractivity contribution in [1.82, 2.24) is 0 Å². The van der Waals surface area contributed by atoms with Crippen LogP contribution in [-0.4, -0.2) is 13.2 Å². The molecule has 0 unspecified atom stereocenters. The minimum atomic E-state index is -0.783. The molecule has 0 N–H and O–H groups in total. The van der Waals surface area contributed by atoms with Gasteiger partial charge in [0.05, 0.1) is 0 Å². The van der Waals surface area contributed by atoms with Gasteiger partial charge in [0.15, 0.2) is 11.7 Å². The van der Waals surface area contributed by atoms with Gasteiger partial charge in [-0.1, -0.05) is 24.6 Å². The largest absolute Gasteiger partial charge is 0.374 e. The van der Waals surface area contributed by atoms with E-state index in [1.54, 1.807) is 6.07 Å². The van der Waals surface area contributed by atoms with Crippen LogP contribution in [0.1, 0.15) is 63.5 Å². The molecule has 2 aliphatic rings. The van der Waals surface area contributed by atoms with Crippen LogP contribution >= 0.6 is 0 Å². The third-order valence-electron chi connectivity index (χ3n) is 6.57. The Morgan fingerprint density at radius 1 is 1.07 bits per heavy atom. The molecule has 28 heavy (non-hydrogen) atoms. The van der Waals surface area contributed by atoms with Gasteiger partial charge in [-0.2, -0.15) is 0 Å². The lowest BCUT2D eigenvalue weighted by atomic mass is 9.74. The first kappa shape index (κ1) is 21.2. The number of hydrogen-bond donors (Lipinski definition) is 0. The Balaban J connectivity index is 1.56. The zero-order valence-electron chi connectivity index (χ0n) is 17.2. The second kappa shape index (κ2) is 9.30. The Morgan fingerprint density at radius 2 is 1.79 bits per heavy atom. The van der Waals surface area contributed by atoms with E-state index in [1.165, 1.54) is 7.11 Å². The standard InChI is InChI=1S/C24H31F3O/c1-4-16-5-9-18(20(25)14-16)10-6-17-7-11-19(12-8-17)22-15(2)13-21(28-3)23(26)24(22)27/h5,9,14,17,19,21H,4,6-8,10-13H2,1-3H3/t17?,19?,21-/m0/s1. The lowest BCUT2D eigenvalue weighted by molar-refractivity contribution is 0.105. The van der Waals surface area contributed by atoms with E-state index in [0.29, 0.717) is 17.9 Å². The lowest BCUT2D eigenvalue weighted by Crippen LogP contribution is -2.24. The smallest absolute Gasteiger partial charge is 0.165 e. The summed E-state index contributed by atoms with van der Waals surface area (Å²) >= 11 is 0. The molecule has 3 rings (SSSR count). The van der Waals surface area contributed by atoms with Crippen molar-refractivity contribution in [3.05, 3.63) is 57.9 Å². The lowest BCUT2D eigenvalue weighted by Gasteiger charge is -2.33. The van der Waals surface area contributed by atoms with Gasteiger partial charge in [0, 0.05) is 13.5 Å². The number of hydrogen-bond acceptors (Lipinski definition) is 1. The first-order valence-corrected chi connectivity index (χ1v) is 10.5. The van der Waals surface area contributed by atoms with Crippen LogP contribution in [-0.2, 0) is 17.6 Å². The number of ether oxygens (including phenoxy) is 1. The minimum absolute atomic E-state index is 0.0837. The van der Waals surface area contributed by atoms with Gasteiger partial charge in [-0.25, -0.2) is 13.2 Å². The average Bonchev–Trinajstić information content (AvgIpc) is 2.70. The highest BCUT2D eigenvalue weighted by atomic mass is 19.2. The predicted molar refractivity (Wildman–Crippen MR) is 107 cm³/mol. The number of benzene rings is 1. The van der Waals surface area contributed by atoms with Crippen molar-refractivity contribution in [2.24, 2.45) is 11.8 Å². The van der Waals surface area contributed by atoms with Crippen molar-refractivity contribution in [3.8, 4) is 0 Å². The fourth-order valence-corrected chi connectivity index (χ4v) is 4.76. The van der Waals surface area contributed by atoms with E-state index in [-0.39, 0.29) is 11.7 Å². The van der Waals surface area contributed by atoms with E-state index in [1.807, 2.05) is 26.0 Å². The van der Waals surface area contributed by atoms with Gasteiger partial charge in [-0.3, -0.25) is 0 Å². The van der Waals surface area contributed by atoms with E-state index in [9.17, 15) is 13.2 Å². The fraction of sp³-hybridized carbons (Fsp3) is 0.583. The molecule has 2 aliphatic carbocycles. The summed E-state index contributed by atoms with van der Waals surface area (Å²) in [7, 11) is 1.42. The molecule has 0 radical (unpaired) electrons. The van der Waals surface area contributed by atoms with Gasteiger partial charge in [0.2, 0.25) is 0 Å². The number of rotatable bonds is 6. The Labute approximate surface area is 166 Å². The highest BCUT2D eigenvalue weighted by molar-refractivity contribution is 5.40. The predicted octanol–water partition coefficient (Wildman–Crippen LogP) is 7.01. The summed E-state index contributed by atoms with van der Waals surface area (Å²) in [6.07, 6.45) is 5.88. The summed E-state index contributed by atoms with van der Waals surface area (Å²) in [5, 5.41) is 0. The Bertz CT molecular complexity index is 757. The molecule has 0 aromatic heterocycles. The van der Waals surface area contributed by atoms with Gasteiger partial charge >= 0.3 is 0 Å². The molecule has 0 aliphatic heterocycles. The van der Waals surface area contributed by atoms with Crippen LogP contribution < -0.4 is 0 Å². The summed E-state index contributed by atoms with van der Waals surface area (Å²) in [5.41, 5.74) is 3.29. The monoisotopic (exact) mass is 392 g/mol. The molecule has 4 heteroatoms. The van der Waals surface area contributed by atoms with Crippen LogP contribution in [0, 0.1) is 17.7 Å². The number of aryl methyl sites for hydroxylation is 2. The van der Waals surface area contributed by atoms with Crippen LogP contribution in [0.4, 0.5) is 13.2 Å². The van der Waals surface area contributed by atoms with Gasteiger partial charge in [-0.15, -0.1) is 0 Å². The van der Waals surface area contributed by atoms with Gasteiger partial charge < -0.3 is 4.74 Å². The van der Waals surface area contributed by atoms with Crippen molar-refractivity contribution < 1.29 is 17.9 Å². The Morgan fingerprint density at radius 3 is 2.39 bits per heavy atom. The van der Waals surface area contributed by atoms with Crippen LogP contribution in [0.15, 0.2) is 41.0 Å². The molecular formula is C24H31F3O. The van der Waals surface area contributed by atoms with E-state index < -0.39 is 17.8 Å². The van der Waals surface area contributed by atoms with Gasteiger partial charge in [0.1, 0.15) is 11.9 Å². The van der Waals surface area contributed by atoms with Crippen molar-refractivity contribution >= 4 is 0 Å². The van der Waals surface area contributed by atoms with Crippen LogP contribution in [0.2, 0.25) is 0 Å². The minimum Gasteiger partial charge on any atom is -0.374 e. The number of allylic oxidation sites excluding steroid dienone is 2. The first-order chi connectivity index (χ1) is 13.4. The molecule has 0 saturated heterocycles. The second-order valence-electron chi connectivity index (χ2n) is 8.32. The number of halogens is 3. The SMILES string of the molecule is CCc1ccc(CCC2CCC(C3=C(C)C[C@H](OC)C(F)=C3F)CC2)c(F)c1. The molecule has 1 fully saturated rings. The van der Waals surface area contributed by atoms with Crippen LogP contribution in [0.3, 0.4) is 0 Å². The van der Waals surface area contributed by atoms with Crippen molar-refractivity contribution in [2.75, 3.05) is 7.11 Å². The van der Waals surface area contributed by atoms with Crippen molar-refractivity contribution in [1.29, 1.82) is 0 Å². The fourth-order valence-electron chi connectivity index (χ4n) is 4.76. The maximum Gasteiger partial charge on any atom is 0.165 e. The summed E-state index contributed by atoms with van der Waals surface area (Å²) in [5.74, 6) is -0.949. The Kier molecular flexibility index (Phi) is 7.03. The molecule has 1 atom stereocenters. The quantitative estimate of drug-likeness (QED) is 0.506. The molecule has 0 heterocycles. The summed E-state index contributed by atoms with van der Waals surface area (Å²) in [6.45, 7) is 3.91.